The molecule has 2 aliphatic rings. The maximum Gasteiger partial charge on any atom is 0.289 e. The highest BCUT2D eigenvalue weighted by atomic mass is 16.5. The van der Waals surface area contributed by atoms with Crippen LogP contribution in [0.2, 0.25) is 0 Å². The molecule has 6 nitrogen and oxygen atoms in total. The second-order valence-corrected chi connectivity index (χ2v) is 7.44. The Morgan fingerprint density at radius 1 is 1.22 bits per heavy atom. The van der Waals surface area contributed by atoms with Crippen molar-refractivity contribution in [1.29, 1.82) is 0 Å². The van der Waals surface area contributed by atoms with Gasteiger partial charge in [0.1, 0.15) is 18.0 Å². The predicted octanol–water partition coefficient (Wildman–Crippen LogP) is 3.27. The number of likely N-dealkylation sites (tertiary alicyclic amines) is 1. The van der Waals surface area contributed by atoms with Crippen molar-refractivity contribution in [3.05, 3.63) is 66.0 Å². The van der Waals surface area contributed by atoms with Gasteiger partial charge in [0.05, 0.1) is 31.2 Å². The molecule has 3 aromatic rings. The number of benzene rings is 1. The molecule has 0 saturated carbocycles. The number of nitrogens with zero attached hydrogens (tertiary/aromatic N) is 3. The molecule has 1 fully saturated rings. The van der Waals surface area contributed by atoms with Crippen LogP contribution in [0.1, 0.15) is 28.4 Å². The number of imidazole rings is 1. The largest absolute Gasteiger partial charge is 0.459 e. The summed E-state index contributed by atoms with van der Waals surface area (Å²) in [5.74, 6) is 1.25. The number of fused-ring (bicyclic) bond motifs is 1. The van der Waals surface area contributed by atoms with E-state index in [1.54, 1.807) is 12.1 Å². The molecule has 1 atom stereocenters. The molecule has 6 heteroatoms. The van der Waals surface area contributed by atoms with Crippen molar-refractivity contribution in [2.24, 2.45) is 0 Å². The highest BCUT2D eigenvalue weighted by Crippen LogP contribution is 2.35. The molecule has 4 heterocycles. The monoisotopic (exact) mass is 363 g/mol. The molecular weight excluding hydrogens is 342 g/mol. The Hall–Kier alpha value is -2.86. The summed E-state index contributed by atoms with van der Waals surface area (Å²) in [6.07, 6.45) is 4.26. The van der Waals surface area contributed by atoms with E-state index in [9.17, 15) is 4.79 Å². The summed E-state index contributed by atoms with van der Waals surface area (Å²) in [6.45, 7) is 4.50. The van der Waals surface area contributed by atoms with Crippen molar-refractivity contribution < 1.29 is 13.9 Å². The second-order valence-electron chi connectivity index (χ2n) is 7.44. The van der Waals surface area contributed by atoms with Crippen molar-refractivity contribution in [1.82, 2.24) is 14.5 Å². The van der Waals surface area contributed by atoms with Gasteiger partial charge in [0, 0.05) is 12.1 Å². The first-order valence-corrected chi connectivity index (χ1v) is 9.22. The van der Waals surface area contributed by atoms with Crippen LogP contribution in [-0.4, -0.2) is 39.0 Å². The summed E-state index contributed by atoms with van der Waals surface area (Å²) in [7, 11) is 0. The Bertz CT molecular complexity index is 992. The molecular formula is C21H21N3O3. The predicted molar refractivity (Wildman–Crippen MR) is 99.1 cm³/mol. The lowest BCUT2D eigenvalue weighted by Gasteiger charge is -2.35. The number of carbonyl (C=O) groups is 1. The van der Waals surface area contributed by atoms with Crippen molar-refractivity contribution in [2.75, 3.05) is 13.1 Å². The topological polar surface area (TPSA) is 60.5 Å². The number of carbonyl (C=O) groups excluding carboxylic acids is 1. The number of furan rings is 1. The minimum atomic E-state index is -0.367. The third kappa shape index (κ3) is 2.77. The van der Waals surface area contributed by atoms with Gasteiger partial charge in [0.15, 0.2) is 5.76 Å². The molecule has 1 amide bonds. The summed E-state index contributed by atoms with van der Waals surface area (Å²) >= 11 is 0. The van der Waals surface area contributed by atoms with E-state index in [1.165, 1.54) is 11.8 Å². The third-order valence-electron chi connectivity index (χ3n) is 5.54. The number of hydrogen-bond acceptors (Lipinski definition) is 4. The molecule has 0 bridgehead atoms. The fourth-order valence-electron chi connectivity index (χ4n) is 4.11. The van der Waals surface area contributed by atoms with Gasteiger partial charge in [-0.05, 0) is 31.5 Å². The molecule has 1 saturated heterocycles. The zero-order valence-corrected chi connectivity index (χ0v) is 15.2. The first kappa shape index (κ1) is 16.3. The van der Waals surface area contributed by atoms with Gasteiger partial charge >= 0.3 is 0 Å². The van der Waals surface area contributed by atoms with E-state index in [0.29, 0.717) is 32.0 Å². The van der Waals surface area contributed by atoms with Crippen molar-refractivity contribution >= 4 is 5.91 Å². The number of aromatic nitrogens is 2. The number of aryl methyl sites for hydroxylation is 1. The van der Waals surface area contributed by atoms with Crippen molar-refractivity contribution in [3.8, 4) is 11.3 Å². The van der Waals surface area contributed by atoms with Crippen LogP contribution in [-0.2, 0) is 17.9 Å². The Labute approximate surface area is 157 Å². The van der Waals surface area contributed by atoms with Crippen LogP contribution < -0.4 is 0 Å². The highest BCUT2D eigenvalue weighted by molar-refractivity contribution is 5.91. The van der Waals surface area contributed by atoms with Crippen molar-refractivity contribution in [2.45, 2.75) is 32.1 Å². The van der Waals surface area contributed by atoms with Crippen LogP contribution in [0.15, 0.2) is 53.3 Å². The third-order valence-corrected chi connectivity index (χ3v) is 5.54. The molecule has 0 N–H and O–H groups in total. The summed E-state index contributed by atoms with van der Waals surface area (Å²) < 4.78 is 13.7. The van der Waals surface area contributed by atoms with Gasteiger partial charge in [0.25, 0.3) is 5.91 Å². The summed E-state index contributed by atoms with van der Waals surface area (Å²) in [6, 6.07) is 11.9. The Morgan fingerprint density at radius 3 is 2.96 bits per heavy atom. The van der Waals surface area contributed by atoms with E-state index in [0.717, 1.165) is 23.5 Å². The molecule has 0 radical (unpaired) electrons. The number of hydrogen-bond donors (Lipinski definition) is 0. The molecule has 27 heavy (non-hydrogen) atoms. The minimum absolute atomic E-state index is 0.0733. The quantitative estimate of drug-likeness (QED) is 0.701. The molecule has 1 aromatic carbocycles. The average Bonchev–Trinajstić information content (AvgIpc) is 3.41. The van der Waals surface area contributed by atoms with E-state index in [4.69, 9.17) is 9.15 Å². The maximum absolute atomic E-state index is 12.6. The van der Waals surface area contributed by atoms with Crippen LogP contribution in [0.3, 0.4) is 0 Å². The van der Waals surface area contributed by atoms with Crippen LogP contribution in [0.25, 0.3) is 11.3 Å². The first-order valence-electron chi connectivity index (χ1n) is 9.22. The van der Waals surface area contributed by atoms with E-state index in [1.807, 2.05) is 11.1 Å². The molecule has 2 aromatic heterocycles. The maximum atomic E-state index is 12.6. The van der Waals surface area contributed by atoms with Gasteiger partial charge < -0.3 is 18.6 Å². The first-order chi connectivity index (χ1) is 13.1. The van der Waals surface area contributed by atoms with E-state index >= 15 is 0 Å². The van der Waals surface area contributed by atoms with Crippen LogP contribution in [0.5, 0.6) is 0 Å². The molecule has 138 valence electrons. The smallest absolute Gasteiger partial charge is 0.289 e. The lowest BCUT2D eigenvalue weighted by atomic mass is 10.0. The van der Waals surface area contributed by atoms with Crippen LogP contribution in [0.4, 0.5) is 0 Å². The number of ether oxygens (including phenoxy) is 1. The van der Waals surface area contributed by atoms with E-state index in [2.05, 4.69) is 40.7 Å². The fraction of sp³-hybridized carbons (Fsp3) is 0.333. The summed E-state index contributed by atoms with van der Waals surface area (Å²) in [4.78, 5) is 19.0. The molecule has 5 rings (SSSR count). The van der Waals surface area contributed by atoms with Gasteiger partial charge in [-0.3, -0.25) is 4.79 Å². The fourth-order valence-corrected chi connectivity index (χ4v) is 4.11. The standard InChI is InChI=1S/C21H21N3O3/c1-15-4-2-5-16(10-15)17-11-22-19-12-27-21(14-24(17)19)7-8-23(13-21)20(25)18-6-3-9-26-18/h2-6,9-11H,7-8,12-14H2,1H3/t21-/m0/s1. The molecule has 0 aliphatic carbocycles. The molecule has 2 aliphatic heterocycles. The zero-order chi connectivity index (χ0) is 18.4. The molecule has 1 spiro atoms. The Balaban J connectivity index is 1.41. The van der Waals surface area contributed by atoms with Crippen molar-refractivity contribution in [3.63, 3.8) is 0 Å². The summed E-state index contributed by atoms with van der Waals surface area (Å²) in [5.41, 5.74) is 3.12. The van der Waals surface area contributed by atoms with Gasteiger partial charge in [-0.1, -0.05) is 23.8 Å². The van der Waals surface area contributed by atoms with E-state index < -0.39 is 0 Å². The number of amides is 1. The average molecular weight is 363 g/mol. The lowest BCUT2D eigenvalue weighted by Crippen LogP contribution is -2.45. The molecule has 0 unspecified atom stereocenters. The number of rotatable bonds is 2. The van der Waals surface area contributed by atoms with Gasteiger partial charge in [-0.2, -0.15) is 0 Å². The van der Waals surface area contributed by atoms with E-state index in [-0.39, 0.29) is 11.5 Å². The highest BCUT2D eigenvalue weighted by Gasteiger charge is 2.45. The second kappa shape index (κ2) is 6.09. The minimum Gasteiger partial charge on any atom is -0.459 e. The van der Waals surface area contributed by atoms with Gasteiger partial charge in [0.2, 0.25) is 0 Å². The lowest BCUT2D eigenvalue weighted by molar-refractivity contribution is -0.0805. The van der Waals surface area contributed by atoms with Gasteiger partial charge in [-0.25, -0.2) is 4.98 Å². The Kier molecular flexibility index (Phi) is 3.68. The van der Waals surface area contributed by atoms with Crippen LogP contribution in [0, 0.1) is 6.92 Å². The normalized spacial score (nSPS) is 21.6. The zero-order valence-electron chi connectivity index (χ0n) is 15.2. The van der Waals surface area contributed by atoms with Crippen LogP contribution >= 0.6 is 0 Å². The Morgan fingerprint density at radius 2 is 2.15 bits per heavy atom. The van der Waals surface area contributed by atoms with Gasteiger partial charge in [-0.15, -0.1) is 0 Å². The SMILES string of the molecule is Cc1cccc(-c2cnc3n2C[C@@]2(CCN(C(=O)c4ccco4)C2)OC3)c1. The summed E-state index contributed by atoms with van der Waals surface area (Å²) in [5, 5.41) is 0.